The van der Waals surface area contributed by atoms with Crippen molar-refractivity contribution in [3.05, 3.63) is 0 Å². The first-order valence-corrected chi connectivity index (χ1v) is 6.94. The summed E-state index contributed by atoms with van der Waals surface area (Å²) >= 11 is 0. The van der Waals surface area contributed by atoms with Crippen molar-refractivity contribution in [3.63, 3.8) is 0 Å². The minimum atomic E-state index is -0.814. The lowest BCUT2D eigenvalue weighted by molar-refractivity contribution is -0.145. The van der Waals surface area contributed by atoms with Crippen LogP contribution in [0.5, 0.6) is 0 Å². The highest BCUT2D eigenvalue weighted by atomic mass is 19.1. The van der Waals surface area contributed by atoms with Crippen molar-refractivity contribution in [1.82, 2.24) is 5.32 Å². The molecule has 20 heavy (non-hydrogen) atoms. The van der Waals surface area contributed by atoms with Gasteiger partial charge in [-0.05, 0) is 52.4 Å². The molecule has 1 amide bonds. The molecule has 0 saturated heterocycles. The van der Waals surface area contributed by atoms with Crippen molar-refractivity contribution in [2.24, 2.45) is 5.92 Å². The largest absolute Gasteiger partial charge is 0.467 e. The number of carbonyl (C=O) groups excluding carboxylic acids is 2. The van der Waals surface area contributed by atoms with E-state index in [1.165, 1.54) is 7.11 Å². The number of hydrogen-bond donors (Lipinski definition) is 1. The third-order valence-corrected chi connectivity index (χ3v) is 3.30. The molecule has 0 aliphatic heterocycles. The summed E-state index contributed by atoms with van der Waals surface area (Å²) in [7, 11) is 1.27. The number of alkyl halides is 1. The molecule has 1 rings (SSSR count). The number of rotatable bonds is 3. The number of halogens is 1. The van der Waals surface area contributed by atoms with Gasteiger partial charge in [-0.1, -0.05) is 0 Å². The first kappa shape index (κ1) is 16.7. The Morgan fingerprint density at radius 1 is 1.20 bits per heavy atom. The van der Waals surface area contributed by atoms with Crippen molar-refractivity contribution in [2.75, 3.05) is 7.11 Å². The molecule has 0 heterocycles. The normalized spacial score (nSPS) is 24.6. The van der Waals surface area contributed by atoms with Gasteiger partial charge in [0.05, 0.1) is 7.11 Å². The fraction of sp³-hybridized carbons (Fsp3) is 0.857. The SMILES string of the molecule is COC(=O)[C@@H](NC(=O)OC(C)(C)C)C1CCC(F)CC1. The Morgan fingerprint density at radius 3 is 2.20 bits per heavy atom. The zero-order valence-electron chi connectivity index (χ0n) is 12.6. The summed E-state index contributed by atoms with van der Waals surface area (Å²) in [5.74, 6) is -0.625. The van der Waals surface area contributed by atoms with Gasteiger partial charge in [0.2, 0.25) is 0 Å². The summed E-state index contributed by atoms with van der Waals surface area (Å²) in [6, 6.07) is -0.776. The number of alkyl carbamates (subject to hydrolysis) is 1. The first-order valence-electron chi connectivity index (χ1n) is 6.94. The molecule has 1 N–H and O–H groups in total. The number of esters is 1. The Bertz CT molecular complexity index is 346. The standard InChI is InChI=1S/C14H24FNO4/c1-14(2,3)20-13(18)16-11(12(17)19-4)9-5-7-10(15)8-6-9/h9-11H,5-8H2,1-4H3,(H,16,18)/t9?,10?,11-/m0/s1. The maximum atomic E-state index is 13.2. The molecule has 1 aliphatic rings. The van der Waals surface area contributed by atoms with E-state index in [0.29, 0.717) is 25.7 Å². The van der Waals surface area contributed by atoms with Gasteiger partial charge in [-0.25, -0.2) is 14.0 Å². The average molecular weight is 289 g/mol. The molecule has 0 aromatic heterocycles. The van der Waals surface area contributed by atoms with E-state index in [4.69, 9.17) is 9.47 Å². The van der Waals surface area contributed by atoms with Crippen LogP contribution >= 0.6 is 0 Å². The van der Waals surface area contributed by atoms with Crippen LogP contribution < -0.4 is 5.32 Å². The number of nitrogens with one attached hydrogen (secondary N) is 1. The summed E-state index contributed by atoms with van der Waals surface area (Å²) in [6.07, 6.45) is 0.455. The molecule has 1 atom stereocenters. The molecule has 1 saturated carbocycles. The molecule has 5 nitrogen and oxygen atoms in total. The molecule has 0 bridgehead atoms. The molecule has 1 fully saturated rings. The van der Waals surface area contributed by atoms with Crippen LogP contribution in [0, 0.1) is 5.92 Å². The number of amides is 1. The average Bonchev–Trinajstić information content (AvgIpc) is 2.34. The van der Waals surface area contributed by atoms with Gasteiger partial charge in [-0.3, -0.25) is 0 Å². The smallest absolute Gasteiger partial charge is 0.408 e. The van der Waals surface area contributed by atoms with Crippen LogP contribution in [0.25, 0.3) is 0 Å². The van der Waals surface area contributed by atoms with Gasteiger partial charge in [0.15, 0.2) is 0 Å². The number of methoxy groups -OCH3 is 1. The highest BCUT2D eigenvalue weighted by Gasteiger charge is 2.35. The Balaban J connectivity index is 2.65. The minimum Gasteiger partial charge on any atom is -0.467 e. The predicted octanol–water partition coefficient (Wildman–Crippen LogP) is 2.58. The van der Waals surface area contributed by atoms with Gasteiger partial charge in [0.25, 0.3) is 0 Å². The number of hydrogen-bond acceptors (Lipinski definition) is 4. The molecule has 0 radical (unpaired) electrons. The maximum absolute atomic E-state index is 13.2. The Kier molecular flexibility index (Phi) is 5.77. The molecule has 0 aromatic rings. The van der Waals surface area contributed by atoms with E-state index in [-0.39, 0.29) is 5.92 Å². The highest BCUT2D eigenvalue weighted by molar-refractivity contribution is 5.81. The lowest BCUT2D eigenvalue weighted by Gasteiger charge is -2.31. The van der Waals surface area contributed by atoms with E-state index in [1.807, 2.05) is 0 Å². The van der Waals surface area contributed by atoms with Crippen LogP contribution in [0.2, 0.25) is 0 Å². The quantitative estimate of drug-likeness (QED) is 0.811. The van der Waals surface area contributed by atoms with Crippen molar-refractivity contribution in [1.29, 1.82) is 0 Å². The minimum absolute atomic E-state index is 0.109. The van der Waals surface area contributed by atoms with Gasteiger partial charge in [0.1, 0.15) is 17.8 Å². The zero-order valence-corrected chi connectivity index (χ0v) is 12.6. The van der Waals surface area contributed by atoms with Crippen molar-refractivity contribution in [2.45, 2.75) is 64.3 Å². The molecular formula is C14H24FNO4. The van der Waals surface area contributed by atoms with Crippen LogP contribution in [0.3, 0.4) is 0 Å². The van der Waals surface area contributed by atoms with Crippen LogP contribution in [-0.4, -0.2) is 37.0 Å². The summed E-state index contributed by atoms with van der Waals surface area (Å²) < 4.78 is 23.0. The summed E-state index contributed by atoms with van der Waals surface area (Å²) in [6.45, 7) is 5.23. The van der Waals surface area contributed by atoms with E-state index in [2.05, 4.69) is 5.32 Å². The molecule has 0 unspecified atom stereocenters. The third kappa shape index (κ3) is 5.35. The van der Waals surface area contributed by atoms with Crippen LogP contribution in [0.1, 0.15) is 46.5 Å². The second-order valence-corrected chi connectivity index (χ2v) is 6.16. The van der Waals surface area contributed by atoms with E-state index in [1.54, 1.807) is 20.8 Å². The van der Waals surface area contributed by atoms with E-state index >= 15 is 0 Å². The van der Waals surface area contributed by atoms with Gasteiger partial charge in [-0.2, -0.15) is 0 Å². The lowest BCUT2D eigenvalue weighted by Crippen LogP contribution is -2.49. The fourth-order valence-electron chi connectivity index (χ4n) is 2.34. The second-order valence-electron chi connectivity index (χ2n) is 6.16. The van der Waals surface area contributed by atoms with E-state index in [9.17, 15) is 14.0 Å². The van der Waals surface area contributed by atoms with E-state index in [0.717, 1.165) is 0 Å². The molecular weight excluding hydrogens is 265 g/mol. The highest BCUT2D eigenvalue weighted by Crippen LogP contribution is 2.29. The fourth-order valence-corrected chi connectivity index (χ4v) is 2.34. The molecule has 116 valence electrons. The Labute approximate surface area is 119 Å². The molecule has 0 aromatic carbocycles. The van der Waals surface area contributed by atoms with Crippen LogP contribution in [0.15, 0.2) is 0 Å². The van der Waals surface area contributed by atoms with Crippen molar-refractivity contribution in [3.8, 4) is 0 Å². The number of carbonyl (C=O) groups is 2. The molecule has 1 aliphatic carbocycles. The topological polar surface area (TPSA) is 64.6 Å². The monoisotopic (exact) mass is 289 g/mol. The first-order chi connectivity index (χ1) is 9.23. The second kappa shape index (κ2) is 6.90. The van der Waals surface area contributed by atoms with Gasteiger partial charge >= 0.3 is 12.1 Å². The maximum Gasteiger partial charge on any atom is 0.408 e. The summed E-state index contributed by atoms with van der Waals surface area (Å²) in [4.78, 5) is 23.6. The van der Waals surface area contributed by atoms with Gasteiger partial charge in [0, 0.05) is 0 Å². The Hall–Kier alpha value is -1.33. The van der Waals surface area contributed by atoms with Gasteiger partial charge in [-0.15, -0.1) is 0 Å². The summed E-state index contributed by atoms with van der Waals surface area (Å²) in [5, 5.41) is 2.55. The van der Waals surface area contributed by atoms with E-state index < -0.39 is 29.9 Å². The lowest BCUT2D eigenvalue weighted by atomic mass is 9.83. The van der Waals surface area contributed by atoms with Crippen LogP contribution in [-0.2, 0) is 14.3 Å². The molecule has 6 heteroatoms. The zero-order chi connectivity index (χ0) is 15.3. The number of ether oxygens (including phenoxy) is 2. The predicted molar refractivity (Wildman–Crippen MR) is 72.0 cm³/mol. The third-order valence-electron chi connectivity index (χ3n) is 3.30. The van der Waals surface area contributed by atoms with Crippen LogP contribution in [0.4, 0.5) is 9.18 Å². The van der Waals surface area contributed by atoms with Crippen molar-refractivity contribution < 1.29 is 23.5 Å². The van der Waals surface area contributed by atoms with Gasteiger partial charge < -0.3 is 14.8 Å². The molecule has 0 spiro atoms. The van der Waals surface area contributed by atoms with Crippen molar-refractivity contribution >= 4 is 12.1 Å². The Morgan fingerprint density at radius 2 is 1.75 bits per heavy atom. The summed E-state index contributed by atoms with van der Waals surface area (Å²) in [5.41, 5.74) is -0.638.